The Hall–Kier alpha value is -1.46. The van der Waals surface area contributed by atoms with Crippen molar-refractivity contribution in [2.45, 2.75) is 38.0 Å². The van der Waals surface area contributed by atoms with Gasteiger partial charge in [-0.1, -0.05) is 11.9 Å². The number of rotatable bonds is 9. The molecule has 0 aromatic heterocycles. The number of likely N-dealkylation sites (tertiary alicyclic amines) is 1. The van der Waals surface area contributed by atoms with Crippen LogP contribution in [0.5, 0.6) is 0 Å². The maximum Gasteiger partial charge on any atom is 0.416 e. The van der Waals surface area contributed by atoms with E-state index < -0.39 is 35.0 Å². The molecule has 0 radical (unpaired) electrons. The third kappa shape index (κ3) is 7.84. The first-order valence-corrected chi connectivity index (χ1v) is 11.7. The molecule has 1 saturated heterocycles. The third-order valence-corrected chi connectivity index (χ3v) is 6.80. The van der Waals surface area contributed by atoms with Crippen LogP contribution in [0.3, 0.4) is 0 Å². The predicted molar refractivity (Wildman–Crippen MR) is 111 cm³/mol. The van der Waals surface area contributed by atoms with Crippen LogP contribution in [0.4, 0.5) is 26.3 Å². The highest BCUT2D eigenvalue weighted by atomic mass is 32.2. The van der Waals surface area contributed by atoms with Crippen molar-refractivity contribution in [2.24, 2.45) is 11.8 Å². The number of hydrogen-bond donors (Lipinski definition) is 2. The molecule has 1 saturated carbocycles. The Balaban J connectivity index is 1.44. The number of hydrogen-bond acceptors (Lipinski definition) is 4. The molecule has 2 aliphatic rings. The largest absolute Gasteiger partial charge is 0.416 e. The van der Waals surface area contributed by atoms with Crippen molar-refractivity contribution in [3.05, 3.63) is 34.9 Å². The zero-order valence-electron chi connectivity index (χ0n) is 17.5. The summed E-state index contributed by atoms with van der Waals surface area (Å²) in [4.78, 5) is 14.6. The van der Waals surface area contributed by atoms with Gasteiger partial charge in [0.1, 0.15) is 0 Å². The van der Waals surface area contributed by atoms with E-state index in [-0.39, 0.29) is 18.5 Å². The number of carbonyl (C=O) groups is 1. The molecule has 32 heavy (non-hydrogen) atoms. The number of benzene rings is 1. The van der Waals surface area contributed by atoms with Crippen molar-refractivity contribution < 1.29 is 31.1 Å². The van der Waals surface area contributed by atoms with Gasteiger partial charge in [-0.15, -0.1) is 0 Å². The Bertz CT molecular complexity index is 742. The summed E-state index contributed by atoms with van der Waals surface area (Å²) in [5.74, 6) is 1.23. The lowest BCUT2D eigenvalue weighted by molar-refractivity contribution is -0.143. The van der Waals surface area contributed by atoms with E-state index in [0.29, 0.717) is 12.1 Å². The number of amides is 1. The molecule has 2 fully saturated rings. The van der Waals surface area contributed by atoms with Gasteiger partial charge in [-0.3, -0.25) is 9.52 Å². The van der Waals surface area contributed by atoms with E-state index >= 15 is 0 Å². The molecule has 2 N–H and O–H groups in total. The highest BCUT2D eigenvalue weighted by Gasteiger charge is 2.37. The molecule has 0 atom stereocenters. The van der Waals surface area contributed by atoms with Gasteiger partial charge in [0.05, 0.1) is 11.1 Å². The highest BCUT2D eigenvalue weighted by Crippen LogP contribution is 2.36. The first-order chi connectivity index (χ1) is 15.0. The van der Waals surface area contributed by atoms with Crippen molar-refractivity contribution >= 4 is 17.9 Å². The molecule has 1 aliphatic heterocycles. The van der Waals surface area contributed by atoms with Gasteiger partial charge in [0, 0.05) is 31.0 Å². The standard InChI is InChI=1S/C21H27F6N3OS/c22-20(23,24)17-9-16(10-18(11-17)21(25,26)27)19(31)28-12-14-3-6-30(7-4-14)8-5-29-32-13-15-1-2-15/h9-11,14-15,29H,1-8,12-13H2,(H,28,31). The first-order valence-electron chi connectivity index (χ1n) is 10.7. The lowest BCUT2D eigenvalue weighted by Crippen LogP contribution is -2.40. The third-order valence-electron chi connectivity index (χ3n) is 5.76. The summed E-state index contributed by atoms with van der Waals surface area (Å²) in [7, 11) is 0. The van der Waals surface area contributed by atoms with Crippen LogP contribution in [0, 0.1) is 11.8 Å². The minimum Gasteiger partial charge on any atom is -0.352 e. The molecular formula is C21H27F6N3OS. The molecule has 4 nitrogen and oxygen atoms in total. The maximum atomic E-state index is 13.0. The van der Waals surface area contributed by atoms with Crippen molar-refractivity contribution in [1.29, 1.82) is 0 Å². The zero-order chi connectivity index (χ0) is 23.4. The Kier molecular flexibility index (Phi) is 8.37. The molecular weight excluding hydrogens is 456 g/mol. The molecule has 3 rings (SSSR count). The van der Waals surface area contributed by atoms with E-state index in [1.807, 2.05) is 0 Å². The fourth-order valence-electron chi connectivity index (χ4n) is 3.58. The second-order valence-corrected chi connectivity index (χ2v) is 9.35. The summed E-state index contributed by atoms with van der Waals surface area (Å²) in [6.45, 7) is 3.71. The molecule has 1 aliphatic carbocycles. The summed E-state index contributed by atoms with van der Waals surface area (Å²) >= 11 is 1.76. The van der Waals surface area contributed by atoms with Crippen LogP contribution in [0.2, 0.25) is 0 Å². The second kappa shape index (κ2) is 10.6. The van der Waals surface area contributed by atoms with E-state index in [1.165, 1.54) is 12.8 Å². The first kappa shape index (κ1) is 25.2. The fourth-order valence-corrected chi connectivity index (χ4v) is 4.50. The minimum absolute atomic E-state index is 0.0197. The normalized spacial score (nSPS) is 18.7. The zero-order valence-corrected chi connectivity index (χ0v) is 18.3. The van der Waals surface area contributed by atoms with Crippen LogP contribution in [0.25, 0.3) is 0 Å². The van der Waals surface area contributed by atoms with Crippen LogP contribution in [-0.2, 0) is 12.4 Å². The van der Waals surface area contributed by atoms with E-state index in [0.717, 1.165) is 50.7 Å². The van der Waals surface area contributed by atoms with E-state index in [4.69, 9.17) is 0 Å². The summed E-state index contributed by atoms with van der Waals surface area (Å²) in [6.07, 6.45) is -5.67. The topological polar surface area (TPSA) is 44.4 Å². The van der Waals surface area contributed by atoms with Gasteiger partial charge < -0.3 is 10.2 Å². The number of nitrogens with one attached hydrogen (secondary N) is 2. The van der Waals surface area contributed by atoms with Crippen LogP contribution < -0.4 is 10.0 Å². The molecule has 1 amide bonds. The van der Waals surface area contributed by atoms with Gasteiger partial charge in [0.15, 0.2) is 0 Å². The quantitative estimate of drug-likeness (QED) is 0.301. The van der Waals surface area contributed by atoms with Gasteiger partial charge in [-0.25, -0.2) is 0 Å². The summed E-state index contributed by atoms with van der Waals surface area (Å²) in [5.41, 5.74) is -3.62. The van der Waals surface area contributed by atoms with Gasteiger partial charge in [0.25, 0.3) is 5.91 Å². The summed E-state index contributed by atoms with van der Waals surface area (Å²) in [6, 6.07) is 0.939. The summed E-state index contributed by atoms with van der Waals surface area (Å²) < 4.78 is 81.2. The minimum atomic E-state index is -4.98. The Morgan fingerprint density at radius 3 is 2.06 bits per heavy atom. The Morgan fingerprint density at radius 1 is 0.938 bits per heavy atom. The average molecular weight is 484 g/mol. The molecule has 0 unspecified atom stereocenters. The number of alkyl halides is 6. The molecule has 1 aromatic carbocycles. The molecule has 1 aromatic rings. The van der Waals surface area contributed by atoms with Gasteiger partial charge in [0.2, 0.25) is 0 Å². The van der Waals surface area contributed by atoms with Crippen molar-refractivity contribution in [2.75, 3.05) is 38.5 Å². The van der Waals surface area contributed by atoms with Crippen LogP contribution in [0.15, 0.2) is 18.2 Å². The van der Waals surface area contributed by atoms with Gasteiger partial charge in [-0.05, 0) is 68.8 Å². The van der Waals surface area contributed by atoms with E-state index in [9.17, 15) is 31.1 Å². The van der Waals surface area contributed by atoms with E-state index in [1.54, 1.807) is 11.9 Å². The monoisotopic (exact) mass is 483 g/mol. The smallest absolute Gasteiger partial charge is 0.352 e. The van der Waals surface area contributed by atoms with Gasteiger partial charge in [-0.2, -0.15) is 26.3 Å². The Labute approximate surface area is 187 Å². The molecule has 180 valence electrons. The number of halogens is 6. The fraction of sp³-hybridized carbons (Fsp3) is 0.667. The van der Waals surface area contributed by atoms with Crippen LogP contribution >= 0.6 is 11.9 Å². The van der Waals surface area contributed by atoms with Crippen LogP contribution in [0.1, 0.15) is 47.2 Å². The molecule has 0 spiro atoms. The Morgan fingerprint density at radius 2 is 1.53 bits per heavy atom. The molecule has 11 heteroatoms. The second-order valence-electron chi connectivity index (χ2n) is 8.44. The summed E-state index contributed by atoms with van der Waals surface area (Å²) in [5, 5.41) is 2.51. The van der Waals surface area contributed by atoms with Crippen molar-refractivity contribution in [3.8, 4) is 0 Å². The highest BCUT2D eigenvalue weighted by molar-refractivity contribution is 7.97. The SMILES string of the molecule is O=C(NCC1CCN(CCNSCC2CC2)CC1)c1cc(C(F)(F)F)cc(C(F)(F)F)c1. The lowest BCUT2D eigenvalue weighted by atomic mass is 9.96. The van der Waals surface area contributed by atoms with Gasteiger partial charge >= 0.3 is 12.4 Å². The van der Waals surface area contributed by atoms with Crippen molar-refractivity contribution in [3.63, 3.8) is 0 Å². The molecule has 0 bridgehead atoms. The average Bonchev–Trinajstić information content (AvgIpc) is 3.55. The number of piperidine rings is 1. The lowest BCUT2D eigenvalue weighted by Gasteiger charge is -2.32. The van der Waals surface area contributed by atoms with Crippen LogP contribution in [-0.4, -0.2) is 49.3 Å². The predicted octanol–water partition coefficient (Wildman–Crippen LogP) is 4.81. The molecule has 1 heterocycles. The maximum absolute atomic E-state index is 13.0. The van der Waals surface area contributed by atoms with E-state index in [2.05, 4.69) is 14.9 Å². The van der Waals surface area contributed by atoms with Crippen molar-refractivity contribution in [1.82, 2.24) is 14.9 Å². The number of nitrogens with zero attached hydrogens (tertiary/aromatic N) is 1. The number of carbonyl (C=O) groups excluding carboxylic acids is 1.